The second-order valence-electron chi connectivity index (χ2n) is 6.27. The van der Waals surface area contributed by atoms with E-state index in [1.165, 1.54) is 4.31 Å². The lowest BCUT2D eigenvalue weighted by Gasteiger charge is -2.21. The van der Waals surface area contributed by atoms with Gasteiger partial charge in [-0.3, -0.25) is 9.10 Å². The van der Waals surface area contributed by atoms with Gasteiger partial charge in [0.15, 0.2) is 0 Å². The zero-order valence-corrected chi connectivity index (χ0v) is 13.8. The van der Waals surface area contributed by atoms with E-state index in [0.29, 0.717) is 24.2 Å². The largest absolute Gasteiger partial charge is 0.347 e. The molecule has 0 spiro atoms. The molecule has 1 N–H and O–H groups in total. The summed E-state index contributed by atoms with van der Waals surface area (Å²) in [6, 6.07) is 5.21. The number of anilines is 1. The first-order chi connectivity index (χ1) is 9.64. The van der Waals surface area contributed by atoms with Crippen LogP contribution in [0.5, 0.6) is 0 Å². The number of nitrogens with zero attached hydrogens (tertiary/aromatic N) is 1. The quantitative estimate of drug-likeness (QED) is 0.927. The van der Waals surface area contributed by atoms with Crippen molar-refractivity contribution in [2.24, 2.45) is 0 Å². The second-order valence-corrected chi connectivity index (χ2v) is 8.45. The lowest BCUT2D eigenvalue weighted by atomic mass is 10.1. The van der Waals surface area contributed by atoms with Crippen molar-refractivity contribution >= 4 is 21.6 Å². The van der Waals surface area contributed by atoms with Crippen LogP contribution in [0.3, 0.4) is 0 Å². The van der Waals surface area contributed by atoms with Crippen LogP contribution < -0.4 is 9.62 Å². The number of fused-ring (bicyclic) bond motifs is 1. The Bertz CT molecular complexity index is 660. The van der Waals surface area contributed by atoms with Gasteiger partial charge in [-0.05, 0) is 57.9 Å². The zero-order valence-electron chi connectivity index (χ0n) is 12.9. The molecule has 0 saturated heterocycles. The average Bonchev–Trinajstić information content (AvgIpc) is 2.80. The molecule has 6 heteroatoms. The minimum atomic E-state index is -3.24. The summed E-state index contributed by atoms with van der Waals surface area (Å²) < 4.78 is 25.5. The van der Waals surface area contributed by atoms with Gasteiger partial charge < -0.3 is 5.32 Å². The molecule has 1 aromatic carbocycles. The van der Waals surface area contributed by atoms with E-state index in [4.69, 9.17) is 0 Å². The lowest BCUT2D eigenvalue weighted by Crippen LogP contribution is -2.40. The lowest BCUT2D eigenvalue weighted by molar-refractivity contribution is 0.0919. The van der Waals surface area contributed by atoms with Gasteiger partial charge in [-0.2, -0.15) is 0 Å². The summed E-state index contributed by atoms with van der Waals surface area (Å²) in [5.74, 6) is -0.0549. The molecule has 0 saturated carbocycles. The van der Waals surface area contributed by atoms with Gasteiger partial charge in [-0.25, -0.2) is 8.42 Å². The molecule has 0 unspecified atom stereocenters. The van der Waals surface area contributed by atoms with E-state index in [1.807, 2.05) is 20.8 Å². The second kappa shape index (κ2) is 5.33. The van der Waals surface area contributed by atoms with E-state index in [2.05, 4.69) is 5.32 Å². The molecule has 0 aliphatic carbocycles. The predicted octanol–water partition coefficient (Wildman–Crippen LogP) is 1.93. The first-order valence-electron chi connectivity index (χ1n) is 7.10. The maximum Gasteiger partial charge on any atom is 0.251 e. The average molecular weight is 310 g/mol. The Hall–Kier alpha value is -1.56. The van der Waals surface area contributed by atoms with E-state index in [0.717, 1.165) is 5.56 Å². The van der Waals surface area contributed by atoms with Crippen LogP contribution >= 0.6 is 0 Å². The van der Waals surface area contributed by atoms with Crippen molar-refractivity contribution in [2.45, 2.75) is 39.7 Å². The third kappa shape index (κ3) is 3.37. The maximum atomic E-state index is 12.2. The molecule has 5 nitrogen and oxygen atoms in total. The molecule has 1 aliphatic rings. The Morgan fingerprint density at radius 1 is 1.33 bits per heavy atom. The van der Waals surface area contributed by atoms with Crippen LogP contribution in [0, 0.1) is 0 Å². The Labute approximate surface area is 126 Å². The fourth-order valence-corrected chi connectivity index (χ4v) is 3.53. The van der Waals surface area contributed by atoms with E-state index >= 15 is 0 Å². The van der Waals surface area contributed by atoms with Gasteiger partial charge in [-0.1, -0.05) is 0 Å². The number of hydrogen-bond donors (Lipinski definition) is 1. The van der Waals surface area contributed by atoms with Crippen molar-refractivity contribution < 1.29 is 13.2 Å². The number of hydrogen-bond acceptors (Lipinski definition) is 3. The van der Waals surface area contributed by atoms with Gasteiger partial charge in [0.25, 0.3) is 5.91 Å². The summed E-state index contributed by atoms with van der Waals surface area (Å²) in [6.45, 7) is 7.86. The summed E-state index contributed by atoms with van der Waals surface area (Å²) >= 11 is 0. The Balaban J connectivity index is 2.29. The molecule has 0 fully saturated rings. The summed E-state index contributed by atoms with van der Waals surface area (Å²) in [7, 11) is -3.24. The van der Waals surface area contributed by atoms with Crippen molar-refractivity contribution in [1.82, 2.24) is 5.32 Å². The first-order valence-corrected chi connectivity index (χ1v) is 8.71. The van der Waals surface area contributed by atoms with Crippen LogP contribution in [-0.2, 0) is 16.4 Å². The molecular formula is C15H22N2O3S. The number of sulfonamides is 1. The molecule has 1 aromatic rings. The number of nitrogens with one attached hydrogen (secondary N) is 1. The zero-order chi connectivity index (χ0) is 15.8. The van der Waals surface area contributed by atoms with Crippen LogP contribution in [-0.4, -0.2) is 32.2 Å². The Morgan fingerprint density at radius 3 is 2.57 bits per heavy atom. The molecule has 1 amide bonds. The Morgan fingerprint density at radius 2 is 2.00 bits per heavy atom. The number of carbonyl (C=O) groups excluding carboxylic acids is 1. The number of benzene rings is 1. The minimum absolute atomic E-state index is 0.0820. The van der Waals surface area contributed by atoms with E-state index in [9.17, 15) is 13.2 Å². The molecular weight excluding hydrogens is 288 g/mol. The van der Waals surface area contributed by atoms with Crippen molar-refractivity contribution in [1.29, 1.82) is 0 Å². The van der Waals surface area contributed by atoms with Crippen LogP contribution in [0.2, 0.25) is 0 Å². The minimum Gasteiger partial charge on any atom is -0.347 e. The monoisotopic (exact) mass is 310 g/mol. The third-order valence-corrected chi connectivity index (χ3v) is 5.16. The van der Waals surface area contributed by atoms with Crippen molar-refractivity contribution in [3.8, 4) is 0 Å². The topological polar surface area (TPSA) is 66.5 Å². The summed E-state index contributed by atoms with van der Waals surface area (Å²) in [4.78, 5) is 12.2. The highest BCUT2D eigenvalue weighted by atomic mass is 32.2. The molecule has 0 radical (unpaired) electrons. The van der Waals surface area contributed by atoms with Crippen molar-refractivity contribution in [3.63, 3.8) is 0 Å². The normalized spacial score (nSPS) is 15.0. The fraction of sp³-hybridized carbons (Fsp3) is 0.533. The van der Waals surface area contributed by atoms with Crippen molar-refractivity contribution in [2.75, 3.05) is 16.6 Å². The fourth-order valence-electron chi connectivity index (χ4n) is 2.37. The van der Waals surface area contributed by atoms with Crippen molar-refractivity contribution in [3.05, 3.63) is 29.3 Å². The van der Waals surface area contributed by atoms with E-state index in [1.54, 1.807) is 25.1 Å². The van der Waals surface area contributed by atoms with Gasteiger partial charge in [0, 0.05) is 17.6 Å². The van der Waals surface area contributed by atoms with Gasteiger partial charge in [0.1, 0.15) is 0 Å². The van der Waals surface area contributed by atoms with Crippen LogP contribution in [0.4, 0.5) is 5.69 Å². The number of carbonyl (C=O) groups is 1. The summed E-state index contributed by atoms with van der Waals surface area (Å²) in [5, 5.41) is 2.91. The Kier molecular flexibility index (Phi) is 4.02. The van der Waals surface area contributed by atoms with E-state index in [-0.39, 0.29) is 17.2 Å². The third-order valence-electron chi connectivity index (χ3n) is 3.38. The SMILES string of the molecule is CCS(=O)(=O)N1CCc2cc(C(=O)NC(C)(C)C)ccc21. The van der Waals surface area contributed by atoms with Crippen LogP contribution in [0.1, 0.15) is 43.6 Å². The van der Waals surface area contributed by atoms with Crippen LogP contribution in [0.15, 0.2) is 18.2 Å². The standard InChI is InChI=1S/C15H22N2O3S/c1-5-21(19,20)17-9-8-11-10-12(6-7-13(11)17)14(18)16-15(2,3)4/h6-7,10H,5,8-9H2,1-4H3,(H,16,18). The van der Waals surface area contributed by atoms with Gasteiger partial charge in [0.05, 0.1) is 11.4 Å². The molecule has 116 valence electrons. The molecule has 2 rings (SSSR count). The summed E-state index contributed by atoms with van der Waals surface area (Å²) in [6.07, 6.45) is 0.644. The predicted molar refractivity (Wildman–Crippen MR) is 84.2 cm³/mol. The maximum absolute atomic E-state index is 12.2. The van der Waals surface area contributed by atoms with Crippen LogP contribution in [0.25, 0.3) is 0 Å². The number of amides is 1. The molecule has 1 aliphatic heterocycles. The summed E-state index contributed by atoms with van der Waals surface area (Å²) in [5.41, 5.74) is 1.88. The highest BCUT2D eigenvalue weighted by Gasteiger charge is 2.28. The smallest absolute Gasteiger partial charge is 0.251 e. The van der Waals surface area contributed by atoms with Gasteiger partial charge >= 0.3 is 0 Å². The molecule has 0 atom stereocenters. The first kappa shape index (κ1) is 15.8. The molecule has 21 heavy (non-hydrogen) atoms. The van der Waals surface area contributed by atoms with Gasteiger partial charge in [-0.15, -0.1) is 0 Å². The van der Waals surface area contributed by atoms with E-state index < -0.39 is 10.0 Å². The number of rotatable bonds is 3. The molecule has 0 bridgehead atoms. The molecule has 1 heterocycles. The highest BCUT2D eigenvalue weighted by Crippen LogP contribution is 2.31. The highest BCUT2D eigenvalue weighted by molar-refractivity contribution is 7.92. The van der Waals surface area contributed by atoms with Gasteiger partial charge in [0.2, 0.25) is 10.0 Å². The molecule has 0 aromatic heterocycles.